The third kappa shape index (κ3) is 3.04. The molecule has 0 aromatic heterocycles. The van der Waals surface area contributed by atoms with Crippen molar-refractivity contribution >= 4 is 11.9 Å². The van der Waals surface area contributed by atoms with Gasteiger partial charge in [-0.25, -0.2) is 4.79 Å². The molecule has 23 heavy (non-hydrogen) atoms. The highest BCUT2D eigenvalue weighted by atomic mass is 19.4. The Morgan fingerprint density at radius 3 is 2.39 bits per heavy atom. The Morgan fingerprint density at radius 1 is 1.17 bits per heavy atom. The summed E-state index contributed by atoms with van der Waals surface area (Å²) in [5, 5.41) is 9.12. The fraction of sp³-hybridized carbons (Fsp3) is 0.500. The Bertz CT molecular complexity index is 626. The largest absolute Gasteiger partial charge is 0.480 e. The molecule has 1 saturated heterocycles. The van der Waals surface area contributed by atoms with Crippen molar-refractivity contribution in [3.63, 3.8) is 0 Å². The SMILES string of the molecule is O=C(O)[C@@H]1CCCN1C(=O)[C@@H]1C[C@@H]1c1ccc(C(F)(F)F)cc1. The number of carboxylic acid groups (broad SMARTS) is 1. The molecule has 2 aliphatic rings. The summed E-state index contributed by atoms with van der Waals surface area (Å²) in [5.41, 5.74) is -0.0160. The van der Waals surface area contributed by atoms with Crippen LogP contribution in [0.2, 0.25) is 0 Å². The van der Waals surface area contributed by atoms with Crippen molar-refractivity contribution in [3.8, 4) is 0 Å². The van der Waals surface area contributed by atoms with Gasteiger partial charge in [-0.2, -0.15) is 13.2 Å². The number of rotatable bonds is 3. The first kappa shape index (κ1) is 15.8. The quantitative estimate of drug-likeness (QED) is 0.929. The lowest BCUT2D eigenvalue weighted by molar-refractivity contribution is -0.148. The molecule has 0 unspecified atom stereocenters. The van der Waals surface area contributed by atoms with Gasteiger partial charge in [0.25, 0.3) is 0 Å². The van der Waals surface area contributed by atoms with E-state index < -0.39 is 23.8 Å². The molecule has 1 aromatic rings. The van der Waals surface area contributed by atoms with Crippen LogP contribution < -0.4 is 0 Å². The van der Waals surface area contributed by atoms with Crippen LogP contribution in [-0.2, 0) is 15.8 Å². The van der Waals surface area contributed by atoms with Crippen molar-refractivity contribution in [1.29, 1.82) is 0 Å². The normalized spacial score (nSPS) is 27.1. The van der Waals surface area contributed by atoms with Crippen LogP contribution in [0.25, 0.3) is 0 Å². The van der Waals surface area contributed by atoms with Crippen LogP contribution in [0.3, 0.4) is 0 Å². The Balaban J connectivity index is 1.67. The second-order valence-electron chi connectivity index (χ2n) is 6.10. The molecule has 124 valence electrons. The monoisotopic (exact) mass is 327 g/mol. The first-order valence-electron chi connectivity index (χ1n) is 7.49. The highest BCUT2D eigenvalue weighted by Crippen LogP contribution is 2.49. The second-order valence-corrected chi connectivity index (χ2v) is 6.10. The summed E-state index contributed by atoms with van der Waals surface area (Å²) in [6.07, 6.45) is -2.69. The average molecular weight is 327 g/mol. The molecule has 1 N–H and O–H groups in total. The van der Waals surface area contributed by atoms with E-state index in [1.54, 1.807) is 0 Å². The van der Waals surface area contributed by atoms with Crippen LogP contribution in [0.5, 0.6) is 0 Å². The van der Waals surface area contributed by atoms with E-state index in [4.69, 9.17) is 5.11 Å². The average Bonchev–Trinajstić information content (AvgIpc) is 3.13. The van der Waals surface area contributed by atoms with Gasteiger partial charge >= 0.3 is 12.1 Å². The zero-order valence-electron chi connectivity index (χ0n) is 12.2. The van der Waals surface area contributed by atoms with Gasteiger partial charge in [-0.3, -0.25) is 4.79 Å². The second kappa shape index (κ2) is 5.54. The number of aliphatic carboxylic acids is 1. The predicted octanol–water partition coefficient (Wildman–Crippen LogP) is 2.88. The van der Waals surface area contributed by atoms with Crippen molar-refractivity contribution < 1.29 is 27.9 Å². The highest BCUT2D eigenvalue weighted by molar-refractivity contribution is 5.88. The number of hydrogen-bond donors (Lipinski definition) is 1. The molecule has 0 spiro atoms. The fourth-order valence-electron chi connectivity index (χ4n) is 3.26. The Morgan fingerprint density at radius 2 is 1.83 bits per heavy atom. The van der Waals surface area contributed by atoms with Crippen molar-refractivity contribution in [2.45, 2.75) is 37.4 Å². The lowest BCUT2D eigenvalue weighted by Crippen LogP contribution is -2.41. The van der Waals surface area contributed by atoms with Gasteiger partial charge in [0.15, 0.2) is 0 Å². The molecular weight excluding hydrogens is 311 g/mol. The van der Waals surface area contributed by atoms with Gasteiger partial charge in [-0.15, -0.1) is 0 Å². The standard InChI is InChI=1S/C16H16F3NO3/c17-16(18,19)10-5-3-9(4-6-10)11-8-12(11)14(21)20-7-1-2-13(20)15(22)23/h3-6,11-13H,1-2,7-8H2,(H,22,23)/t11-,12-,13+/m1/s1. The van der Waals surface area contributed by atoms with Crippen LogP contribution in [-0.4, -0.2) is 34.5 Å². The van der Waals surface area contributed by atoms with Crippen LogP contribution in [0.15, 0.2) is 24.3 Å². The van der Waals surface area contributed by atoms with Crippen LogP contribution >= 0.6 is 0 Å². The van der Waals surface area contributed by atoms with Crippen molar-refractivity contribution in [1.82, 2.24) is 4.90 Å². The van der Waals surface area contributed by atoms with Crippen molar-refractivity contribution in [3.05, 3.63) is 35.4 Å². The topological polar surface area (TPSA) is 57.6 Å². The minimum absolute atomic E-state index is 0.111. The number of carboxylic acids is 1. The molecule has 0 bridgehead atoms. The predicted molar refractivity (Wildman–Crippen MR) is 74.7 cm³/mol. The maximum absolute atomic E-state index is 12.5. The Hall–Kier alpha value is -2.05. The highest BCUT2D eigenvalue weighted by Gasteiger charge is 2.48. The zero-order chi connectivity index (χ0) is 16.8. The number of benzene rings is 1. The zero-order valence-corrected chi connectivity index (χ0v) is 12.2. The summed E-state index contributed by atoms with van der Waals surface area (Å²) in [7, 11) is 0. The smallest absolute Gasteiger partial charge is 0.416 e. The number of nitrogens with zero attached hydrogens (tertiary/aromatic N) is 1. The molecule has 7 heteroatoms. The minimum Gasteiger partial charge on any atom is -0.480 e. The number of amides is 1. The van der Waals surface area contributed by atoms with E-state index in [9.17, 15) is 22.8 Å². The number of carbonyl (C=O) groups excluding carboxylic acids is 1. The molecule has 3 rings (SSSR count). The van der Waals surface area contributed by atoms with E-state index in [-0.39, 0.29) is 17.7 Å². The van der Waals surface area contributed by atoms with E-state index in [2.05, 4.69) is 0 Å². The van der Waals surface area contributed by atoms with Gasteiger partial charge in [0.05, 0.1) is 5.56 Å². The summed E-state index contributed by atoms with van der Waals surface area (Å²) in [5.74, 6) is -1.62. The number of carbonyl (C=O) groups is 2. The summed E-state index contributed by atoms with van der Waals surface area (Å²) >= 11 is 0. The van der Waals surface area contributed by atoms with E-state index in [0.717, 1.165) is 12.1 Å². The molecule has 1 saturated carbocycles. The van der Waals surface area contributed by atoms with Crippen LogP contribution in [0.4, 0.5) is 13.2 Å². The van der Waals surface area contributed by atoms with Crippen molar-refractivity contribution in [2.24, 2.45) is 5.92 Å². The van der Waals surface area contributed by atoms with Crippen LogP contribution in [0, 0.1) is 5.92 Å². The maximum atomic E-state index is 12.5. The summed E-state index contributed by atoms with van der Waals surface area (Å²) in [6, 6.07) is 4.08. The molecule has 1 amide bonds. The van der Waals surface area contributed by atoms with E-state index in [0.29, 0.717) is 31.4 Å². The van der Waals surface area contributed by atoms with Gasteiger partial charge in [0, 0.05) is 12.5 Å². The number of hydrogen-bond acceptors (Lipinski definition) is 2. The number of alkyl halides is 3. The van der Waals surface area contributed by atoms with Gasteiger partial charge in [0.2, 0.25) is 5.91 Å². The van der Waals surface area contributed by atoms with E-state index in [1.165, 1.54) is 17.0 Å². The molecular formula is C16H16F3NO3. The minimum atomic E-state index is -4.37. The molecule has 2 fully saturated rings. The summed E-state index contributed by atoms with van der Waals surface area (Å²) in [6.45, 7) is 0.437. The lowest BCUT2D eigenvalue weighted by Gasteiger charge is -2.21. The summed E-state index contributed by atoms with van der Waals surface area (Å²) < 4.78 is 37.6. The molecule has 1 aromatic carbocycles. The third-order valence-corrected chi connectivity index (χ3v) is 4.59. The number of likely N-dealkylation sites (tertiary alicyclic amines) is 1. The Kier molecular flexibility index (Phi) is 3.82. The van der Waals surface area contributed by atoms with Gasteiger partial charge in [0.1, 0.15) is 6.04 Å². The van der Waals surface area contributed by atoms with E-state index in [1.807, 2.05) is 0 Å². The van der Waals surface area contributed by atoms with Crippen molar-refractivity contribution in [2.75, 3.05) is 6.54 Å². The van der Waals surface area contributed by atoms with Crippen LogP contribution in [0.1, 0.15) is 36.3 Å². The summed E-state index contributed by atoms with van der Waals surface area (Å²) in [4.78, 5) is 25.0. The fourth-order valence-corrected chi connectivity index (χ4v) is 3.26. The third-order valence-electron chi connectivity index (χ3n) is 4.59. The molecule has 1 aliphatic carbocycles. The first-order chi connectivity index (χ1) is 10.8. The molecule has 4 nitrogen and oxygen atoms in total. The Labute approximate surface area is 130 Å². The molecule has 3 atom stereocenters. The number of halogens is 3. The van der Waals surface area contributed by atoms with Gasteiger partial charge in [-0.1, -0.05) is 12.1 Å². The maximum Gasteiger partial charge on any atom is 0.416 e. The molecule has 1 aliphatic heterocycles. The molecule has 1 heterocycles. The first-order valence-corrected chi connectivity index (χ1v) is 7.49. The molecule has 0 radical (unpaired) electrons. The van der Waals surface area contributed by atoms with Gasteiger partial charge < -0.3 is 10.0 Å². The van der Waals surface area contributed by atoms with E-state index >= 15 is 0 Å². The lowest BCUT2D eigenvalue weighted by atomic mass is 10.1. The van der Waals surface area contributed by atoms with Gasteiger partial charge in [-0.05, 0) is 42.9 Å².